The fraction of sp³-hybridized carbons (Fsp3) is 0.320. The van der Waals surface area contributed by atoms with Crippen LogP contribution in [-0.2, 0) is 9.71 Å². The Bertz CT molecular complexity index is 1190. The number of nitrogens with one attached hydrogen (secondary N) is 1. The molecular weight excluding hydrogens is 438 g/mol. The molecule has 0 bridgehead atoms. The van der Waals surface area contributed by atoms with Crippen molar-refractivity contribution in [3.05, 3.63) is 70.2 Å². The number of benzene rings is 2. The Balaban J connectivity index is 1.45. The highest BCUT2D eigenvalue weighted by atomic mass is 32.2. The van der Waals surface area contributed by atoms with Crippen LogP contribution in [0.25, 0.3) is 11.1 Å². The van der Waals surface area contributed by atoms with E-state index >= 15 is 0 Å². The predicted molar refractivity (Wildman–Crippen MR) is 136 cm³/mol. The molecule has 168 valence electrons. The average Bonchev–Trinajstić information content (AvgIpc) is 3.31. The van der Waals surface area contributed by atoms with E-state index in [1.807, 2.05) is 40.9 Å². The summed E-state index contributed by atoms with van der Waals surface area (Å²) in [6, 6.07) is 16.1. The number of hydrogen-bond donors (Lipinski definition) is 1. The first-order chi connectivity index (χ1) is 15.4. The lowest BCUT2D eigenvalue weighted by molar-refractivity contribution is 0.102. The van der Waals surface area contributed by atoms with Gasteiger partial charge in [-0.1, -0.05) is 55.0 Å². The summed E-state index contributed by atoms with van der Waals surface area (Å²) < 4.78 is 14.5. The van der Waals surface area contributed by atoms with Gasteiger partial charge in [-0.2, -0.15) is 0 Å². The van der Waals surface area contributed by atoms with E-state index in [9.17, 15) is 9.00 Å². The summed E-state index contributed by atoms with van der Waals surface area (Å²) in [5, 5.41) is 5.86. The number of anilines is 1. The molecule has 1 N–H and O–H groups in total. The van der Waals surface area contributed by atoms with Crippen molar-refractivity contribution < 1.29 is 9.00 Å². The topological polar surface area (TPSA) is 62.3 Å². The van der Waals surface area contributed by atoms with Gasteiger partial charge < -0.3 is 5.32 Å². The van der Waals surface area contributed by atoms with Crippen molar-refractivity contribution in [1.29, 1.82) is 0 Å². The molecule has 32 heavy (non-hydrogen) atoms. The van der Waals surface area contributed by atoms with Gasteiger partial charge in [0.15, 0.2) is 0 Å². The summed E-state index contributed by atoms with van der Waals surface area (Å²) in [5.74, 6) is 4.57. The van der Waals surface area contributed by atoms with Crippen molar-refractivity contribution in [2.24, 2.45) is 0 Å². The highest BCUT2D eigenvalue weighted by Gasteiger charge is 2.27. The van der Waals surface area contributed by atoms with Crippen LogP contribution in [0.5, 0.6) is 0 Å². The van der Waals surface area contributed by atoms with E-state index in [-0.39, 0.29) is 5.91 Å². The Kier molecular flexibility index (Phi) is 6.79. The number of thiazole rings is 1. The molecule has 2 heterocycles. The first kappa shape index (κ1) is 22.7. The highest BCUT2D eigenvalue weighted by molar-refractivity contribution is 7.98. The standard InChI is InChI=1S/C25H29N3O2S2/c1-4-32(3,30)28-15-13-20(14-16-28)25-27-23(17-31-25)24(29)26-22-8-6-5-7-21(22)19-11-9-18(2)10-12-19/h5-12,17,20H,3-4,13-16H2,1-2H3,(H,26,29). The van der Waals surface area contributed by atoms with Crippen molar-refractivity contribution in [3.8, 4) is 11.1 Å². The van der Waals surface area contributed by atoms with E-state index in [0.717, 1.165) is 47.8 Å². The van der Waals surface area contributed by atoms with Crippen LogP contribution < -0.4 is 5.32 Å². The smallest absolute Gasteiger partial charge is 0.275 e. The molecular formula is C25H29N3O2S2. The number of carbonyl (C=O) groups excluding carboxylic acids is 1. The molecule has 0 spiro atoms. The van der Waals surface area contributed by atoms with Crippen LogP contribution in [0.15, 0.2) is 53.9 Å². The largest absolute Gasteiger partial charge is 0.320 e. The van der Waals surface area contributed by atoms with Crippen LogP contribution in [0.4, 0.5) is 5.69 Å². The quantitative estimate of drug-likeness (QED) is 0.507. The molecule has 1 aromatic heterocycles. The van der Waals surface area contributed by atoms with E-state index in [1.165, 1.54) is 16.9 Å². The Hall–Kier alpha value is -2.48. The summed E-state index contributed by atoms with van der Waals surface area (Å²) >= 11 is 1.53. The number of aromatic nitrogens is 1. The molecule has 1 amide bonds. The number of aryl methyl sites for hydroxylation is 1. The highest BCUT2D eigenvalue weighted by Crippen LogP contribution is 2.32. The zero-order valence-corrected chi connectivity index (χ0v) is 20.2. The Morgan fingerprint density at radius 3 is 2.56 bits per heavy atom. The summed E-state index contributed by atoms with van der Waals surface area (Å²) in [5.41, 5.74) is 4.46. The number of amides is 1. The lowest BCUT2D eigenvalue weighted by Crippen LogP contribution is -2.38. The molecule has 7 heteroatoms. The SMILES string of the molecule is C=S(=O)(CC)N1CCC(c2nc(C(=O)Nc3ccccc3-c3ccc(C)cc3)cs2)CC1. The molecule has 5 nitrogen and oxygen atoms in total. The summed E-state index contributed by atoms with van der Waals surface area (Å²) in [6.07, 6.45) is 1.77. The Morgan fingerprint density at radius 2 is 1.88 bits per heavy atom. The molecule has 1 aliphatic rings. The van der Waals surface area contributed by atoms with Gasteiger partial charge in [0, 0.05) is 51.1 Å². The summed E-state index contributed by atoms with van der Waals surface area (Å²) in [4.78, 5) is 17.6. The van der Waals surface area contributed by atoms with Crippen molar-refractivity contribution in [2.45, 2.75) is 32.6 Å². The molecule has 0 aliphatic carbocycles. The minimum absolute atomic E-state index is 0.198. The number of hydrogen-bond acceptors (Lipinski definition) is 4. The lowest BCUT2D eigenvalue weighted by atomic mass is 9.99. The third-order valence-corrected chi connectivity index (χ3v) is 9.23. The van der Waals surface area contributed by atoms with Gasteiger partial charge in [0.1, 0.15) is 5.69 Å². The number of piperidine rings is 1. The molecule has 1 fully saturated rings. The zero-order valence-electron chi connectivity index (χ0n) is 18.5. The molecule has 1 saturated heterocycles. The summed E-state index contributed by atoms with van der Waals surface area (Å²) in [6.45, 7) is 5.49. The van der Waals surface area contributed by atoms with E-state index in [1.54, 1.807) is 0 Å². The van der Waals surface area contributed by atoms with Gasteiger partial charge in [-0.3, -0.25) is 9.00 Å². The fourth-order valence-electron chi connectivity index (χ4n) is 3.96. The monoisotopic (exact) mass is 467 g/mol. The molecule has 0 radical (unpaired) electrons. The first-order valence-electron chi connectivity index (χ1n) is 10.9. The van der Waals surface area contributed by atoms with Gasteiger partial charge in [-0.05, 0) is 37.3 Å². The van der Waals surface area contributed by atoms with E-state index in [2.05, 4.69) is 47.4 Å². The van der Waals surface area contributed by atoms with Gasteiger partial charge >= 0.3 is 0 Å². The van der Waals surface area contributed by atoms with E-state index < -0.39 is 9.71 Å². The Labute approximate surface area is 194 Å². The van der Waals surface area contributed by atoms with Gasteiger partial charge in [-0.25, -0.2) is 9.29 Å². The molecule has 1 aliphatic heterocycles. The van der Waals surface area contributed by atoms with Gasteiger partial charge in [0.2, 0.25) is 0 Å². The second-order valence-corrected chi connectivity index (χ2v) is 11.7. The van der Waals surface area contributed by atoms with Gasteiger partial charge in [-0.15, -0.1) is 11.3 Å². The minimum Gasteiger partial charge on any atom is -0.320 e. The fourth-order valence-corrected chi connectivity index (χ4v) is 6.17. The molecule has 2 aromatic carbocycles. The van der Waals surface area contributed by atoms with Gasteiger partial charge in [0.05, 0.1) is 5.01 Å². The second-order valence-electron chi connectivity index (χ2n) is 8.20. The van der Waals surface area contributed by atoms with Crippen LogP contribution in [-0.4, -0.2) is 44.1 Å². The van der Waals surface area contributed by atoms with Crippen molar-refractivity contribution in [2.75, 3.05) is 24.2 Å². The summed E-state index contributed by atoms with van der Waals surface area (Å²) in [7, 11) is -2.15. The lowest BCUT2D eigenvalue weighted by Gasteiger charge is -2.32. The van der Waals surface area contributed by atoms with Crippen LogP contribution in [0, 0.1) is 6.92 Å². The maximum absolute atomic E-state index is 12.9. The van der Waals surface area contributed by atoms with Crippen molar-refractivity contribution in [1.82, 2.24) is 9.29 Å². The molecule has 1 atom stereocenters. The maximum Gasteiger partial charge on any atom is 0.275 e. The normalized spacial score (nSPS) is 17.1. The Morgan fingerprint density at radius 1 is 1.19 bits per heavy atom. The average molecular weight is 468 g/mol. The first-order valence-corrected chi connectivity index (χ1v) is 13.6. The van der Waals surface area contributed by atoms with Gasteiger partial charge in [0.25, 0.3) is 5.91 Å². The number of rotatable bonds is 6. The van der Waals surface area contributed by atoms with Crippen molar-refractivity contribution >= 4 is 38.5 Å². The molecule has 1 unspecified atom stereocenters. The molecule has 4 rings (SSSR count). The van der Waals surface area contributed by atoms with Crippen molar-refractivity contribution in [3.63, 3.8) is 0 Å². The van der Waals surface area contributed by atoms with Crippen LogP contribution >= 0.6 is 11.3 Å². The van der Waals surface area contributed by atoms with E-state index in [4.69, 9.17) is 0 Å². The molecule has 3 aromatic rings. The van der Waals surface area contributed by atoms with Crippen LogP contribution in [0.1, 0.15) is 46.7 Å². The number of para-hydroxylation sites is 1. The third-order valence-electron chi connectivity index (χ3n) is 6.02. The predicted octanol–water partition coefficient (Wildman–Crippen LogP) is 5.20. The molecule has 0 saturated carbocycles. The third kappa shape index (κ3) is 4.95. The number of carbonyl (C=O) groups is 1. The van der Waals surface area contributed by atoms with Crippen LogP contribution in [0.3, 0.4) is 0 Å². The maximum atomic E-state index is 12.9. The van der Waals surface area contributed by atoms with Crippen LogP contribution in [0.2, 0.25) is 0 Å². The van der Waals surface area contributed by atoms with E-state index in [0.29, 0.717) is 17.4 Å². The second kappa shape index (κ2) is 9.57. The minimum atomic E-state index is -2.15. The zero-order chi connectivity index (χ0) is 22.7. The number of nitrogens with zero attached hydrogens (tertiary/aromatic N) is 2.